The van der Waals surface area contributed by atoms with Crippen molar-refractivity contribution in [3.63, 3.8) is 0 Å². The number of benzene rings is 2. The van der Waals surface area contributed by atoms with Crippen LogP contribution in [0.15, 0.2) is 79.4 Å². The molecule has 3 aromatic heterocycles. The summed E-state index contributed by atoms with van der Waals surface area (Å²) in [5.74, 6) is 0. The first kappa shape index (κ1) is 20.4. The van der Waals surface area contributed by atoms with Crippen molar-refractivity contribution in [3.8, 4) is 22.3 Å². The van der Waals surface area contributed by atoms with E-state index in [9.17, 15) is 0 Å². The summed E-state index contributed by atoms with van der Waals surface area (Å²) in [7, 11) is 0. The van der Waals surface area contributed by atoms with Gasteiger partial charge in [0.15, 0.2) is 5.65 Å². The normalized spacial score (nSPS) is 13.9. The molecule has 1 aliphatic heterocycles. The Balaban J connectivity index is 0.00000216. The van der Waals surface area contributed by atoms with E-state index in [4.69, 9.17) is 4.98 Å². The average molecular weight is 443 g/mol. The highest BCUT2D eigenvalue weighted by molar-refractivity contribution is 5.97. The molecule has 1 aliphatic rings. The van der Waals surface area contributed by atoms with Crippen molar-refractivity contribution >= 4 is 34.6 Å². The molecule has 0 spiro atoms. The van der Waals surface area contributed by atoms with Gasteiger partial charge in [0.05, 0.1) is 11.7 Å². The SMILES string of the molecule is Cl.c1ccc2c(-c3cnn4cc(-c5ccc(N6CCNCC6)cc5)cnc34)ccnc2c1. The second kappa shape index (κ2) is 8.57. The first-order valence-electron chi connectivity index (χ1n) is 10.6. The molecule has 0 unspecified atom stereocenters. The Hall–Kier alpha value is -3.48. The number of fused-ring (bicyclic) bond motifs is 2. The van der Waals surface area contributed by atoms with E-state index in [0.717, 1.165) is 65.0 Å². The van der Waals surface area contributed by atoms with Crippen LogP contribution in [0.4, 0.5) is 5.69 Å². The number of nitrogens with zero attached hydrogens (tertiary/aromatic N) is 5. The van der Waals surface area contributed by atoms with Crippen LogP contribution in [0.2, 0.25) is 0 Å². The zero-order valence-corrected chi connectivity index (χ0v) is 18.3. The number of anilines is 1. The first-order chi connectivity index (χ1) is 15.4. The van der Waals surface area contributed by atoms with Gasteiger partial charge in [0.2, 0.25) is 0 Å². The molecule has 5 aromatic rings. The van der Waals surface area contributed by atoms with Crippen molar-refractivity contribution in [3.05, 3.63) is 79.4 Å². The molecule has 7 heteroatoms. The standard InChI is InChI=1S/C25H22N6.ClH/c1-2-4-24-22(3-1)21(9-10-27-24)23-16-29-31-17-19(15-28-25(23)31)18-5-7-20(8-6-18)30-13-11-26-12-14-30;/h1-10,15-17,26H,11-14H2;1H. The summed E-state index contributed by atoms with van der Waals surface area (Å²) in [6, 6.07) is 18.9. The van der Waals surface area contributed by atoms with Crippen LogP contribution in [-0.4, -0.2) is 45.8 Å². The molecule has 6 rings (SSSR count). The predicted molar refractivity (Wildman–Crippen MR) is 131 cm³/mol. The Morgan fingerprint density at radius 3 is 2.44 bits per heavy atom. The number of aromatic nitrogens is 4. The third-order valence-corrected chi connectivity index (χ3v) is 5.98. The lowest BCUT2D eigenvalue weighted by atomic mass is 10.0. The summed E-state index contributed by atoms with van der Waals surface area (Å²) in [4.78, 5) is 11.7. The highest BCUT2D eigenvalue weighted by Crippen LogP contribution is 2.31. The molecule has 0 bridgehead atoms. The summed E-state index contributed by atoms with van der Waals surface area (Å²) in [6.07, 6.45) is 7.72. The van der Waals surface area contributed by atoms with Crippen molar-refractivity contribution in [2.45, 2.75) is 0 Å². The van der Waals surface area contributed by atoms with Gasteiger partial charge < -0.3 is 10.2 Å². The van der Waals surface area contributed by atoms with Gasteiger partial charge in [-0.05, 0) is 35.4 Å². The topological polar surface area (TPSA) is 58.4 Å². The van der Waals surface area contributed by atoms with Crippen molar-refractivity contribution in [1.29, 1.82) is 0 Å². The molecule has 0 aliphatic carbocycles. The fraction of sp³-hybridized carbons (Fsp3) is 0.160. The number of hydrogen-bond acceptors (Lipinski definition) is 5. The quantitative estimate of drug-likeness (QED) is 0.447. The molecule has 0 atom stereocenters. The largest absolute Gasteiger partial charge is 0.369 e. The average Bonchev–Trinajstić information content (AvgIpc) is 3.27. The van der Waals surface area contributed by atoms with Crippen LogP contribution in [-0.2, 0) is 0 Å². The smallest absolute Gasteiger partial charge is 0.162 e. The molecule has 0 saturated carbocycles. The Morgan fingerprint density at radius 1 is 0.781 bits per heavy atom. The van der Waals surface area contributed by atoms with Gasteiger partial charge in [-0.2, -0.15) is 5.10 Å². The summed E-state index contributed by atoms with van der Waals surface area (Å²) >= 11 is 0. The van der Waals surface area contributed by atoms with E-state index in [1.165, 1.54) is 5.69 Å². The van der Waals surface area contributed by atoms with Gasteiger partial charge in [-0.3, -0.25) is 4.98 Å². The lowest BCUT2D eigenvalue weighted by Gasteiger charge is -2.29. The number of pyridine rings is 1. The van der Waals surface area contributed by atoms with Crippen molar-refractivity contribution in [2.75, 3.05) is 31.1 Å². The zero-order valence-electron chi connectivity index (χ0n) is 17.5. The maximum absolute atomic E-state index is 4.77. The van der Waals surface area contributed by atoms with Crippen molar-refractivity contribution in [1.82, 2.24) is 24.9 Å². The first-order valence-corrected chi connectivity index (χ1v) is 10.6. The van der Waals surface area contributed by atoms with Crippen LogP contribution in [0.3, 0.4) is 0 Å². The Bertz CT molecular complexity index is 1370. The van der Waals surface area contributed by atoms with E-state index in [2.05, 4.69) is 56.8 Å². The molecule has 1 N–H and O–H groups in total. The fourth-order valence-corrected chi connectivity index (χ4v) is 4.33. The van der Waals surface area contributed by atoms with E-state index in [1.807, 2.05) is 47.4 Å². The van der Waals surface area contributed by atoms with Gasteiger partial charge in [-0.1, -0.05) is 30.3 Å². The molecule has 2 aromatic carbocycles. The van der Waals surface area contributed by atoms with Crippen LogP contribution in [0.1, 0.15) is 0 Å². The summed E-state index contributed by atoms with van der Waals surface area (Å²) in [5, 5.41) is 9.10. The van der Waals surface area contributed by atoms with Gasteiger partial charge in [0.25, 0.3) is 0 Å². The van der Waals surface area contributed by atoms with E-state index >= 15 is 0 Å². The molecular formula is C25H23ClN6. The molecule has 1 fully saturated rings. The van der Waals surface area contributed by atoms with E-state index in [0.29, 0.717) is 0 Å². The third-order valence-electron chi connectivity index (χ3n) is 5.98. The van der Waals surface area contributed by atoms with Crippen LogP contribution in [0, 0.1) is 0 Å². The minimum atomic E-state index is 0. The number of para-hydroxylation sites is 1. The molecule has 0 radical (unpaired) electrons. The molecule has 1 saturated heterocycles. The highest BCUT2D eigenvalue weighted by Gasteiger charge is 2.13. The van der Waals surface area contributed by atoms with Gasteiger partial charge in [-0.25, -0.2) is 9.50 Å². The van der Waals surface area contributed by atoms with Gasteiger partial charge >= 0.3 is 0 Å². The Morgan fingerprint density at radius 2 is 1.59 bits per heavy atom. The number of halogens is 1. The molecule has 6 nitrogen and oxygen atoms in total. The van der Waals surface area contributed by atoms with Crippen LogP contribution >= 0.6 is 12.4 Å². The number of rotatable bonds is 3. The summed E-state index contributed by atoms with van der Waals surface area (Å²) in [5.41, 5.74) is 7.39. The maximum atomic E-state index is 4.77. The third kappa shape index (κ3) is 3.57. The second-order valence-corrected chi connectivity index (χ2v) is 7.83. The van der Waals surface area contributed by atoms with Crippen molar-refractivity contribution < 1.29 is 0 Å². The monoisotopic (exact) mass is 442 g/mol. The van der Waals surface area contributed by atoms with E-state index < -0.39 is 0 Å². The Kier molecular flexibility index (Phi) is 5.47. The summed E-state index contributed by atoms with van der Waals surface area (Å²) in [6.45, 7) is 4.17. The molecule has 0 amide bonds. The minimum Gasteiger partial charge on any atom is -0.369 e. The summed E-state index contributed by atoms with van der Waals surface area (Å²) < 4.78 is 1.87. The van der Waals surface area contributed by atoms with E-state index in [1.54, 1.807) is 0 Å². The minimum absolute atomic E-state index is 0. The van der Waals surface area contributed by atoms with Gasteiger partial charge in [0.1, 0.15) is 0 Å². The molecule has 4 heterocycles. The predicted octanol–water partition coefficient (Wildman–Crippen LogP) is 4.44. The molecule has 32 heavy (non-hydrogen) atoms. The number of hydrogen-bond donors (Lipinski definition) is 1. The Labute approximate surface area is 192 Å². The zero-order chi connectivity index (χ0) is 20.6. The molecular weight excluding hydrogens is 420 g/mol. The number of nitrogens with one attached hydrogen (secondary N) is 1. The highest BCUT2D eigenvalue weighted by atomic mass is 35.5. The van der Waals surface area contributed by atoms with Crippen molar-refractivity contribution in [2.24, 2.45) is 0 Å². The van der Waals surface area contributed by atoms with Crippen LogP contribution in [0.25, 0.3) is 38.8 Å². The van der Waals surface area contributed by atoms with E-state index in [-0.39, 0.29) is 12.4 Å². The lowest BCUT2D eigenvalue weighted by Crippen LogP contribution is -2.43. The lowest BCUT2D eigenvalue weighted by molar-refractivity contribution is 0.589. The molecule has 160 valence electrons. The fourth-order valence-electron chi connectivity index (χ4n) is 4.33. The number of piperazine rings is 1. The maximum Gasteiger partial charge on any atom is 0.162 e. The van der Waals surface area contributed by atoms with Crippen LogP contribution < -0.4 is 10.2 Å². The van der Waals surface area contributed by atoms with Gasteiger partial charge in [0, 0.05) is 67.0 Å². The van der Waals surface area contributed by atoms with Crippen LogP contribution in [0.5, 0.6) is 0 Å². The van der Waals surface area contributed by atoms with Gasteiger partial charge in [-0.15, -0.1) is 12.4 Å². The second-order valence-electron chi connectivity index (χ2n) is 7.83.